The monoisotopic (exact) mass is 335 g/mol. The average Bonchev–Trinajstić information content (AvgIpc) is 2.67. The summed E-state index contributed by atoms with van der Waals surface area (Å²) < 4.78 is 0. The highest BCUT2D eigenvalue weighted by atomic mass is 15.3. The maximum atomic E-state index is 9.06. The van der Waals surface area contributed by atoms with E-state index in [0.717, 1.165) is 56.4 Å². The summed E-state index contributed by atoms with van der Waals surface area (Å²) in [7, 11) is 0. The Balaban J connectivity index is 1.53. The van der Waals surface area contributed by atoms with Crippen LogP contribution in [-0.2, 0) is 12.8 Å². The van der Waals surface area contributed by atoms with Gasteiger partial charge in [-0.1, -0.05) is 0 Å². The molecule has 0 bridgehead atoms. The fraction of sp³-hybridized carbons (Fsp3) is 0.444. The number of fused-ring (bicyclic) bond motifs is 1. The molecule has 0 spiro atoms. The summed E-state index contributed by atoms with van der Waals surface area (Å²) in [6, 6.07) is 5.75. The third kappa shape index (κ3) is 3.07. The van der Waals surface area contributed by atoms with Crippen molar-refractivity contribution in [2.45, 2.75) is 25.7 Å². The van der Waals surface area contributed by atoms with Crippen molar-refractivity contribution in [1.82, 2.24) is 15.0 Å². The lowest BCUT2D eigenvalue weighted by atomic mass is 9.96. The molecule has 1 aliphatic heterocycles. The lowest BCUT2D eigenvalue weighted by molar-refractivity contribution is 0.621. The zero-order chi connectivity index (χ0) is 17.2. The van der Waals surface area contributed by atoms with E-state index >= 15 is 0 Å². The SMILES string of the molecule is N#Cc1ccnc(N2CCN(c3nc(N)nc4c3CCCC4)CC2)c1. The molecule has 0 atom stereocenters. The van der Waals surface area contributed by atoms with Gasteiger partial charge in [0.15, 0.2) is 0 Å². The Hall–Kier alpha value is -2.88. The minimum absolute atomic E-state index is 0.376. The summed E-state index contributed by atoms with van der Waals surface area (Å²) in [6.07, 6.45) is 6.11. The molecule has 0 saturated carbocycles. The van der Waals surface area contributed by atoms with Crippen molar-refractivity contribution in [3.8, 4) is 6.07 Å². The molecule has 4 rings (SSSR count). The predicted molar refractivity (Wildman–Crippen MR) is 96.5 cm³/mol. The summed E-state index contributed by atoms with van der Waals surface area (Å²) >= 11 is 0. The number of nitrogens with zero attached hydrogens (tertiary/aromatic N) is 6. The Kier molecular flexibility index (Phi) is 4.10. The first-order chi connectivity index (χ1) is 12.2. The van der Waals surface area contributed by atoms with Crippen molar-refractivity contribution < 1.29 is 0 Å². The summed E-state index contributed by atoms with van der Waals surface area (Å²) in [5.74, 6) is 2.25. The molecule has 2 aromatic heterocycles. The summed E-state index contributed by atoms with van der Waals surface area (Å²) in [6.45, 7) is 3.42. The molecule has 1 aliphatic carbocycles. The highest BCUT2D eigenvalue weighted by molar-refractivity contribution is 5.55. The minimum atomic E-state index is 0.376. The Bertz CT molecular complexity index is 819. The number of nitriles is 1. The molecule has 0 unspecified atom stereocenters. The van der Waals surface area contributed by atoms with E-state index in [1.165, 1.54) is 18.4 Å². The van der Waals surface area contributed by atoms with Crippen LogP contribution in [0.3, 0.4) is 0 Å². The van der Waals surface area contributed by atoms with Crippen LogP contribution in [-0.4, -0.2) is 41.1 Å². The second-order valence-electron chi connectivity index (χ2n) is 6.53. The van der Waals surface area contributed by atoms with E-state index in [4.69, 9.17) is 11.0 Å². The van der Waals surface area contributed by atoms with Crippen LogP contribution in [0.4, 0.5) is 17.6 Å². The zero-order valence-electron chi connectivity index (χ0n) is 14.1. The molecule has 1 saturated heterocycles. The summed E-state index contributed by atoms with van der Waals surface area (Å²) in [5.41, 5.74) is 8.98. The number of aromatic nitrogens is 3. The first-order valence-corrected chi connectivity index (χ1v) is 8.76. The van der Waals surface area contributed by atoms with E-state index in [1.54, 1.807) is 12.3 Å². The Morgan fingerprint density at radius 3 is 2.60 bits per heavy atom. The molecule has 0 amide bonds. The molecule has 2 N–H and O–H groups in total. The third-order valence-electron chi connectivity index (χ3n) is 4.96. The standard InChI is InChI=1S/C18H21N7/c19-12-13-5-6-21-16(11-13)24-7-9-25(10-8-24)17-14-3-1-2-4-15(14)22-18(20)23-17/h5-6,11H,1-4,7-10H2,(H2,20,22,23). The summed E-state index contributed by atoms with van der Waals surface area (Å²) in [5, 5.41) is 9.06. The molecule has 7 nitrogen and oxygen atoms in total. The van der Waals surface area contributed by atoms with Crippen LogP contribution in [0.2, 0.25) is 0 Å². The van der Waals surface area contributed by atoms with Gasteiger partial charge in [0.2, 0.25) is 5.95 Å². The molecule has 2 aliphatic rings. The van der Waals surface area contributed by atoms with Crippen molar-refractivity contribution >= 4 is 17.6 Å². The minimum Gasteiger partial charge on any atom is -0.368 e. The number of hydrogen-bond acceptors (Lipinski definition) is 7. The van der Waals surface area contributed by atoms with E-state index in [1.807, 2.05) is 6.07 Å². The molecule has 0 aromatic carbocycles. The van der Waals surface area contributed by atoms with Gasteiger partial charge >= 0.3 is 0 Å². The average molecular weight is 335 g/mol. The van der Waals surface area contributed by atoms with Crippen molar-refractivity contribution in [2.75, 3.05) is 41.7 Å². The fourth-order valence-electron chi connectivity index (χ4n) is 3.66. The van der Waals surface area contributed by atoms with Crippen LogP contribution < -0.4 is 15.5 Å². The van der Waals surface area contributed by atoms with Crippen molar-refractivity contribution in [3.63, 3.8) is 0 Å². The molecule has 7 heteroatoms. The van der Waals surface area contributed by atoms with Crippen LogP contribution in [0.15, 0.2) is 18.3 Å². The van der Waals surface area contributed by atoms with Crippen LogP contribution in [0.1, 0.15) is 29.7 Å². The largest absolute Gasteiger partial charge is 0.368 e. The van der Waals surface area contributed by atoms with Crippen molar-refractivity contribution in [1.29, 1.82) is 5.26 Å². The number of rotatable bonds is 2. The number of nitrogen functional groups attached to an aromatic ring is 1. The fourth-order valence-corrected chi connectivity index (χ4v) is 3.66. The number of pyridine rings is 1. The van der Waals surface area contributed by atoms with Gasteiger partial charge in [-0.2, -0.15) is 10.2 Å². The molecule has 1 fully saturated rings. The molecule has 2 aromatic rings. The van der Waals surface area contributed by atoms with E-state index in [0.29, 0.717) is 11.5 Å². The zero-order valence-corrected chi connectivity index (χ0v) is 14.1. The molecular weight excluding hydrogens is 314 g/mol. The van der Waals surface area contributed by atoms with Gasteiger partial charge in [0, 0.05) is 37.9 Å². The van der Waals surface area contributed by atoms with Crippen LogP contribution in [0.5, 0.6) is 0 Å². The van der Waals surface area contributed by atoms with Crippen LogP contribution >= 0.6 is 0 Å². The van der Waals surface area contributed by atoms with Gasteiger partial charge in [-0.15, -0.1) is 0 Å². The lowest BCUT2D eigenvalue weighted by Crippen LogP contribution is -2.47. The van der Waals surface area contributed by atoms with Crippen molar-refractivity contribution in [2.24, 2.45) is 0 Å². The Morgan fingerprint density at radius 1 is 1.04 bits per heavy atom. The van der Waals surface area contributed by atoms with E-state index in [2.05, 4.69) is 30.8 Å². The Morgan fingerprint density at radius 2 is 1.80 bits per heavy atom. The normalized spacial score (nSPS) is 17.1. The number of piperazine rings is 1. The molecule has 128 valence electrons. The lowest BCUT2D eigenvalue weighted by Gasteiger charge is -2.37. The molecule has 3 heterocycles. The second-order valence-corrected chi connectivity index (χ2v) is 6.53. The number of anilines is 3. The maximum absolute atomic E-state index is 9.06. The van der Waals surface area contributed by atoms with Gasteiger partial charge in [0.25, 0.3) is 0 Å². The number of nitrogens with two attached hydrogens (primary N) is 1. The highest BCUT2D eigenvalue weighted by Crippen LogP contribution is 2.29. The smallest absolute Gasteiger partial charge is 0.222 e. The molecule has 25 heavy (non-hydrogen) atoms. The van der Waals surface area contributed by atoms with Gasteiger partial charge in [0.05, 0.1) is 17.3 Å². The first kappa shape index (κ1) is 15.6. The van der Waals surface area contributed by atoms with Gasteiger partial charge in [-0.25, -0.2) is 9.97 Å². The van der Waals surface area contributed by atoms with Crippen molar-refractivity contribution in [3.05, 3.63) is 35.2 Å². The van der Waals surface area contributed by atoms with Crippen LogP contribution in [0, 0.1) is 11.3 Å². The molecular formula is C18H21N7. The Labute approximate surface area is 147 Å². The quantitative estimate of drug-likeness (QED) is 0.889. The molecule has 0 radical (unpaired) electrons. The maximum Gasteiger partial charge on any atom is 0.222 e. The topological polar surface area (TPSA) is 95.0 Å². The second kappa shape index (κ2) is 6.55. The number of aryl methyl sites for hydroxylation is 1. The van der Waals surface area contributed by atoms with Gasteiger partial charge in [-0.05, 0) is 37.8 Å². The van der Waals surface area contributed by atoms with E-state index < -0.39 is 0 Å². The van der Waals surface area contributed by atoms with Gasteiger partial charge < -0.3 is 15.5 Å². The van der Waals surface area contributed by atoms with E-state index in [-0.39, 0.29) is 0 Å². The summed E-state index contributed by atoms with van der Waals surface area (Å²) in [4.78, 5) is 17.9. The highest BCUT2D eigenvalue weighted by Gasteiger charge is 2.25. The first-order valence-electron chi connectivity index (χ1n) is 8.76. The predicted octanol–water partition coefficient (Wildman–Crippen LogP) is 1.53. The van der Waals surface area contributed by atoms with E-state index in [9.17, 15) is 0 Å². The van der Waals surface area contributed by atoms with Gasteiger partial charge in [-0.3, -0.25) is 0 Å². The number of hydrogen-bond donors (Lipinski definition) is 1. The third-order valence-corrected chi connectivity index (χ3v) is 4.96. The van der Waals surface area contributed by atoms with Crippen LogP contribution in [0.25, 0.3) is 0 Å². The van der Waals surface area contributed by atoms with Gasteiger partial charge in [0.1, 0.15) is 11.6 Å².